The molecule has 2 saturated heterocycles. The lowest BCUT2D eigenvalue weighted by Gasteiger charge is -2.29. The Hall–Kier alpha value is -3.42. The first-order chi connectivity index (χ1) is 19.7. The van der Waals surface area contributed by atoms with E-state index < -0.39 is 27.9 Å². The second-order valence-electron chi connectivity index (χ2n) is 10.1. The van der Waals surface area contributed by atoms with Crippen LogP contribution in [-0.4, -0.2) is 60.2 Å². The summed E-state index contributed by atoms with van der Waals surface area (Å²) >= 11 is 6.48. The van der Waals surface area contributed by atoms with Crippen molar-refractivity contribution in [3.05, 3.63) is 83.3 Å². The number of piperazine rings is 1. The highest BCUT2D eigenvalue weighted by Crippen LogP contribution is 2.41. The quantitative estimate of drug-likeness (QED) is 0.342. The molecule has 214 valence electrons. The molecule has 13 heteroatoms. The summed E-state index contributed by atoms with van der Waals surface area (Å²) in [6.07, 6.45) is 5.66. The topological polar surface area (TPSA) is 109 Å². The SMILES string of the molecule is NS(=O)(=O)N1CCCC1c1cc(Cl)cc(-c2cn(-c3ccc(N4CCNCC4)cc3F)nc2-c2ccncc2)c1F. The number of hydrogen-bond acceptors (Lipinski definition) is 6. The van der Waals surface area contributed by atoms with E-state index >= 15 is 8.78 Å². The summed E-state index contributed by atoms with van der Waals surface area (Å²) < 4.78 is 58.8. The maximum Gasteiger partial charge on any atom is 0.277 e. The number of anilines is 1. The van der Waals surface area contributed by atoms with Gasteiger partial charge < -0.3 is 10.2 Å². The lowest BCUT2D eigenvalue weighted by molar-refractivity contribution is 0.387. The van der Waals surface area contributed by atoms with Gasteiger partial charge >= 0.3 is 0 Å². The molecule has 0 amide bonds. The lowest BCUT2D eigenvalue weighted by Crippen LogP contribution is -2.43. The molecule has 1 atom stereocenters. The van der Waals surface area contributed by atoms with Crippen molar-refractivity contribution in [1.29, 1.82) is 0 Å². The first-order valence-corrected chi connectivity index (χ1v) is 15.1. The molecule has 0 bridgehead atoms. The van der Waals surface area contributed by atoms with Crippen LogP contribution in [0, 0.1) is 11.6 Å². The largest absolute Gasteiger partial charge is 0.369 e. The highest BCUT2D eigenvalue weighted by Gasteiger charge is 2.36. The molecule has 9 nitrogen and oxygen atoms in total. The fraction of sp³-hybridized carbons (Fsp3) is 0.286. The molecule has 0 spiro atoms. The normalized spacial score (nSPS) is 18.2. The van der Waals surface area contributed by atoms with Crippen LogP contribution in [0.1, 0.15) is 24.4 Å². The second kappa shape index (κ2) is 11.1. The van der Waals surface area contributed by atoms with Gasteiger partial charge in [-0.3, -0.25) is 4.98 Å². The summed E-state index contributed by atoms with van der Waals surface area (Å²) in [7, 11) is -4.06. The smallest absolute Gasteiger partial charge is 0.277 e. The van der Waals surface area contributed by atoms with E-state index in [0.717, 1.165) is 36.2 Å². The number of pyridine rings is 1. The third kappa shape index (κ3) is 5.45. The van der Waals surface area contributed by atoms with E-state index in [9.17, 15) is 8.42 Å². The average molecular weight is 600 g/mol. The van der Waals surface area contributed by atoms with E-state index in [2.05, 4.69) is 20.3 Å². The van der Waals surface area contributed by atoms with Crippen LogP contribution in [0.15, 0.2) is 61.1 Å². The minimum Gasteiger partial charge on any atom is -0.369 e. The standard InChI is InChI=1S/C28H28ClF2N7O2S/c29-19-14-21(27(31)22(15-19)25-2-1-11-38(25)41(32,39)40)23-17-37(35-28(23)18-5-7-33-8-6-18)26-4-3-20(16-24(26)30)36-12-9-34-10-13-36/h3-8,14-17,25,34H,1-2,9-13H2,(H2,32,39,40). The summed E-state index contributed by atoms with van der Waals surface area (Å²) in [4.78, 5) is 6.17. The van der Waals surface area contributed by atoms with Crippen LogP contribution in [0.25, 0.3) is 28.1 Å². The van der Waals surface area contributed by atoms with Gasteiger partial charge in [-0.25, -0.2) is 18.6 Å². The van der Waals surface area contributed by atoms with Crippen LogP contribution in [-0.2, 0) is 10.2 Å². The molecular formula is C28H28ClF2N7O2S. The number of nitrogens with two attached hydrogens (primary N) is 1. The molecule has 4 aromatic rings. The molecule has 2 aromatic heterocycles. The van der Waals surface area contributed by atoms with Gasteiger partial charge in [-0.05, 0) is 55.3 Å². The van der Waals surface area contributed by atoms with Crippen molar-refractivity contribution in [3.8, 4) is 28.1 Å². The fourth-order valence-electron chi connectivity index (χ4n) is 5.62. The van der Waals surface area contributed by atoms with E-state index in [1.54, 1.807) is 36.8 Å². The number of aromatic nitrogens is 3. The predicted octanol–water partition coefficient (Wildman–Crippen LogP) is 4.28. The van der Waals surface area contributed by atoms with Crippen LogP contribution in [0.5, 0.6) is 0 Å². The highest BCUT2D eigenvalue weighted by molar-refractivity contribution is 7.86. The van der Waals surface area contributed by atoms with Crippen molar-refractivity contribution in [2.75, 3.05) is 37.6 Å². The van der Waals surface area contributed by atoms with Crippen LogP contribution in [0.4, 0.5) is 14.5 Å². The number of rotatable bonds is 6. The van der Waals surface area contributed by atoms with Gasteiger partial charge in [0.15, 0.2) is 5.82 Å². The molecule has 0 aliphatic carbocycles. The summed E-state index contributed by atoms with van der Waals surface area (Å²) in [6.45, 7) is 3.39. The first-order valence-electron chi connectivity index (χ1n) is 13.3. The van der Waals surface area contributed by atoms with Gasteiger partial charge in [0.25, 0.3) is 10.2 Å². The molecule has 41 heavy (non-hydrogen) atoms. The molecule has 2 aromatic carbocycles. The highest BCUT2D eigenvalue weighted by atomic mass is 35.5. The van der Waals surface area contributed by atoms with Crippen LogP contribution in [0.3, 0.4) is 0 Å². The minimum absolute atomic E-state index is 0.115. The van der Waals surface area contributed by atoms with Crippen molar-refractivity contribution < 1.29 is 17.2 Å². The second-order valence-corrected chi connectivity index (χ2v) is 12.1. The van der Waals surface area contributed by atoms with Gasteiger partial charge in [-0.2, -0.15) is 17.8 Å². The molecule has 4 heterocycles. The monoisotopic (exact) mass is 599 g/mol. The third-order valence-corrected chi connectivity index (χ3v) is 8.88. The van der Waals surface area contributed by atoms with Crippen molar-refractivity contribution in [2.24, 2.45) is 5.14 Å². The van der Waals surface area contributed by atoms with Gasteiger partial charge in [0.05, 0.1) is 6.04 Å². The molecular weight excluding hydrogens is 572 g/mol. The Morgan fingerprint density at radius 3 is 2.46 bits per heavy atom. The maximum atomic E-state index is 16.3. The van der Waals surface area contributed by atoms with Crippen LogP contribution in [0.2, 0.25) is 5.02 Å². The molecule has 3 N–H and O–H groups in total. The van der Waals surface area contributed by atoms with Gasteiger partial charge in [-0.1, -0.05) is 11.6 Å². The minimum atomic E-state index is -4.06. The first kappa shape index (κ1) is 27.7. The third-order valence-electron chi connectivity index (χ3n) is 7.57. The Morgan fingerprint density at radius 2 is 1.76 bits per heavy atom. The Morgan fingerprint density at radius 1 is 1.00 bits per heavy atom. The fourth-order valence-corrected chi connectivity index (χ4v) is 6.81. The maximum absolute atomic E-state index is 16.3. The zero-order chi connectivity index (χ0) is 28.7. The molecule has 2 aliphatic rings. The molecule has 0 radical (unpaired) electrons. The predicted molar refractivity (Wildman–Crippen MR) is 154 cm³/mol. The summed E-state index contributed by atoms with van der Waals surface area (Å²) in [6, 6.07) is 10.5. The van der Waals surface area contributed by atoms with E-state index in [1.165, 1.54) is 22.9 Å². The number of halogens is 3. The van der Waals surface area contributed by atoms with E-state index in [4.69, 9.17) is 16.7 Å². The van der Waals surface area contributed by atoms with Crippen molar-refractivity contribution >= 4 is 27.5 Å². The van der Waals surface area contributed by atoms with E-state index in [0.29, 0.717) is 29.7 Å². The average Bonchev–Trinajstić information content (AvgIpc) is 3.63. The van der Waals surface area contributed by atoms with Crippen molar-refractivity contribution in [3.63, 3.8) is 0 Å². The number of benzene rings is 2. The van der Waals surface area contributed by atoms with Crippen LogP contribution >= 0.6 is 11.6 Å². The number of hydrogen-bond donors (Lipinski definition) is 2. The van der Waals surface area contributed by atoms with Gasteiger partial charge in [-0.15, -0.1) is 0 Å². The van der Waals surface area contributed by atoms with Gasteiger partial charge in [0.1, 0.15) is 17.2 Å². The molecule has 2 aliphatic heterocycles. The molecule has 0 saturated carbocycles. The summed E-state index contributed by atoms with van der Waals surface area (Å²) in [5.74, 6) is -1.11. The van der Waals surface area contributed by atoms with Crippen molar-refractivity contribution in [1.82, 2.24) is 24.4 Å². The Balaban J connectivity index is 1.47. The molecule has 2 fully saturated rings. The van der Waals surface area contributed by atoms with Crippen LogP contribution < -0.4 is 15.4 Å². The molecule has 6 rings (SSSR count). The van der Waals surface area contributed by atoms with Gasteiger partial charge in [0.2, 0.25) is 0 Å². The van der Waals surface area contributed by atoms with E-state index in [1.807, 2.05) is 6.07 Å². The zero-order valence-electron chi connectivity index (χ0n) is 22.0. The lowest BCUT2D eigenvalue weighted by atomic mass is 9.96. The van der Waals surface area contributed by atoms with E-state index in [-0.39, 0.29) is 28.4 Å². The number of nitrogens with one attached hydrogen (secondary N) is 1. The number of nitrogens with zero attached hydrogens (tertiary/aromatic N) is 5. The Labute approximate surface area is 241 Å². The summed E-state index contributed by atoms with van der Waals surface area (Å²) in [5.41, 5.74) is 2.60. The molecule has 1 unspecified atom stereocenters. The summed E-state index contributed by atoms with van der Waals surface area (Å²) in [5, 5.41) is 13.6. The Bertz CT molecular complexity index is 1700. The Kier molecular flexibility index (Phi) is 7.51. The van der Waals surface area contributed by atoms with Gasteiger partial charge in [0, 0.05) is 84.3 Å². The zero-order valence-corrected chi connectivity index (χ0v) is 23.5. The van der Waals surface area contributed by atoms with Crippen molar-refractivity contribution in [2.45, 2.75) is 18.9 Å².